The van der Waals surface area contributed by atoms with Crippen LogP contribution in [0.2, 0.25) is 0 Å². The van der Waals surface area contributed by atoms with Gasteiger partial charge < -0.3 is 15.4 Å². The number of aliphatic imine (C=N–C) groups is 1. The number of halogens is 4. The molecule has 0 aromatic heterocycles. The van der Waals surface area contributed by atoms with Crippen LogP contribution in [0.1, 0.15) is 12.5 Å². The highest BCUT2D eigenvalue weighted by molar-refractivity contribution is 8.13. The summed E-state index contributed by atoms with van der Waals surface area (Å²) in [6.07, 6.45) is -1.06. The molecular weight excluding hydrogens is 394 g/mol. The number of alkyl halides is 3. The first-order chi connectivity index (χ1) is 13.2. The number of hydrogen-bond donors (Lipinski definition) is 1. The lowest BCUT2D eigenvalue weighted by Crippen LogP contribution is -2.42. The Balaban J connectivity index is 1.77. The minimum absolute atomic E-state index is 0.0721. The third-order valence-electron chi connectivity index (χ3n) is 5.44. The van der Waals surface area contributed by atoms with Gasteiger partial charge in [0.1, 0.15) is 11.4 Å². The zero-order valence-corrected chi connectivity index (χ0v) is 15.9. The molecule has 4 nitrogen and oxygen atoms in total. The molecule has 3 aliphatic rings. The maximum Gasteiger partial charge on any atom is 0.417 e. The van der Waals surface area contributed by atoms with Crippen molar-refractivity contribution in [3.63, 3.8) is 0 Å². The molecular formula is C19H19F4N3OS. The normalized spacial score (nSPS) is 30.1. The van der Waals surface area contributed by atoms with Gasteiger partial charge >= 0.3 is 6.18 Å². The Morgan fingerprint density at radius 2 is 2.14 bits per heavy atom. The van der Waals surface area contributed by atoms with E-state index < -0.39 is 23.1 Å². The van der Waals surface area contributed by atoms with Crippen LogP contribution < -0.4 is 10.6 Å². The van der Waals surface area contributed by atoms with E-state index in [4.69, 9.17) is 10.5 Å². The molecule has 1 fully saturated rings. The largest absolute Gasteiger partial charge is 0.417 e. The minimum Gasteiger partial charge on any atom is -0.379 e. The second-order valence-electron chi connectivity index (χ2n) is 7.11. The number of allylic oxidation sites excluding steroid dienone is 2. The van der Waals surface area contributed by atoms with Gasteiger partial charge in [-0.1, -0.05) is 23.9 Å². The average Bonchev–Trinajstić information content (AvgIpc) is 2.98. The van der Waals surface area contributed by atoms with Crippen LogP contribution in [-0.4, -0.2) is 36.4 Å². The lowest BCUT2D eigenvalue weighted by molar-refractivity contribution is -0.0885. The van der Waals surface area contributed by atoms with Gasteiger partial charge in [-0.25, -0.2) is 9.38 Å². The summed E-state index contributed by atoms with van der Waals surface area (Å²) < 4.78 is 59.9. The van der Waals surface area contributed by atoms with Gasteiger partial charge in [0, 0.05) is 35.7 Å². The van der Waals surface area contributed by atoms with E-state index in [0.717, 1.165) is 12.3 Å². The van der Waals surface area contributed by atoms with Crippen LogP contribution in [0.5, 0.6) is 0 Å². The second kappa shape index (κ2) is 6.81. The predicted octanol–water partition coefficient (Wildman–Crippen LogP) is 3.94. The first kappa shape index (κ1) is 19.3. The van der Waals surface area contributed by atoms with E-state index in [1.807, 2.05) is 6.92 Å². The van der Waals surface area contributed by atoms with Crippen molar-refractivity contribution in [2.75, 3.05) is 23.8 Å². The molecule has 0 saturated carbocycles. The van der Waals surface area contributed by atoms with Gasteiger partial charge in [0.25, 0.3) is 0 Å². The fraction of sp³-hybridized carbons (Fsp3) is 0.421. The van der Waals surface area contributed by atoms with E-state index in [0.29, 0.717) is 22.2 Å². The van der Waals surface area contributed by atoms with Crippen molar-refractivity contribution >= 4 is 22.6 Å². The molecule has 4 rings (SSSR count). The van der Waals surface area contributed by atoms with E-state index in [-0.39, 0.29) is 25.2 Å². The molecule has 0 aliphatic carbocycles. The van der Waals surface area contributed by atoms with Crippen LogP contribution in [-0.2, 0) is 10.3 Å². The summed E-state index contributed by atoms with van der Waals surface area (Å²) in [6, 6.07) is 4.31. The van der Waals surface area contributed by atoms with Crippen molar-refractivity contribution in [1.29, 1.82) is 0 Å². The molecule has 0 radical (unpaired) electrons. The zero-order valence-electron chi connectivity index (χ0n) is 15.0. The maximum absolute atomic E-state index is 14.9. The Morgan fingerprint density at radius 1 is 1.36 bits per heavy atom. The molecule has 1 aromatic carbocycles. The van der Waals surface area contributed by atoms with Crippen LogP contribution in [0, 0.1) is 11.7 Å². The summed E-state index contributed by atoms with van der Waals surface area (Å²) in [5.41, 5.74) is 4.99. The number of fused-ring (bicyclic) bond motifs is 1. The SMILES string of the molecule is C[C@H]1OC[C@]2(c3cc(N4C=C(C(F)(F)F)C=CC4)ccc3F)N=C(N)SC[C@H]12. The van der Waals surface area contributed by atoms with Crippen LogP contribution in [0.3, 0.4) is 0 Å². The van der Waals surface area contributed by atoms with Crippen molar-refractivity contribution in [3.8, 4) is 0 Å². The van der Waals surface area contributed by atoms with Crippen LogP contribution in [0.15, 0.2) is 47.1 Å². The molecule has 1 aromatic rings. The van der Waals surface area contributed by atoms with Gasteiger partial charge in [-0.3, -0.25) is 0 Å². The Morgan fingerprint density at radius 3 is 2.89 bits per heavy atom. The molecule has 0 bridgehead atoms. The van der Waals surface area contributed by atoms with E-state index in [1.165, 1.54) is 34.9 Å². The van der Waals surface area contributed by atoms with Crippen molar-refractivity contribution in [1.82, 2.24) is 0 Å². The second-order valence-corrected chi connectivity index (χ2v) is 8.15. The topological polar surface area (TPSA) is 50.8 Å². The van der Waals surface area contributed by atoms with E-state index in [2.05, 4.69) is 4.99 Å². The van der Waals surface area contributed by atoms with E-state index in [1.54, 1.807) is 6.07 Å². The number of benzene rings is 1. The Kier molecular flexibility index (Phi) is 4.70. The van der Waals surface area contributed by atoms with Gasteiger partial charge in [-0.15, -0.1) is 0 Å². The monoisotopic (exact) mass is 413 g/mol. The van der Waals surface area contributed by atoms with E-state index >= 15 is 0 Å². The molecule has 1 saturated heterocycles. The average molecular weight is 413 g/mol. The lowest BCUT2D eigenvalue weighted by atomic mass is 9.79. The lowest BCUT2D eigenvalue weighted by Gasteiger charge is -2.36. The third-order valence-corrected chi connectivity index (χ3v) is 6.35. The number of hydrogen-bond acceptors (Lipinski definition) is 5. The number of anilines is 1. The highest BCUT2D eigenvalue weighted by Crippen LogP contribution is 2.48. The number of ether oxygens (including phenoxy) is 1. The predicted molar refractivity (Wildman–Crippen MR) is 102 cm³/mol. The molecule has 0 spiro atoms. The molecule has 28 heavy (non-hydrogen) atoms. The number of thioether (sulfide) groups is 1. The Hall–Kier alpha value is -2.00. The fourth-order valence-electron chi connectivity index (χ4n) is 3.93. The first-order valence-electron chi connectivity index (χ1n) is 8.83. The van der Waals surface area contributed by atoms with Crippen molar-refractivity contribution in [2.24, 2.45) is 16.6 Å². The summed E-state index contributed by atoms with van der Waals surface area (Å²) in [5, 5.41) is 0.360. The van der Waals surface area contributed by atoms with Gasteiger partial charge in [0.2, 0.25) is 0 Å². The number of nitrogens with zero attached hydrogens (tertiary/aromatic N) is 2. The summed E-state index contributed by atoms with van der Waals surface area (Å²) >= 11 is 1.40. The summed E-state index contributed by atoms with van der Waals surface area (Å²) in [4.78, 5) is 6.01. The summed E-state index contributed by atoms with van der Waals surface area (Å²) in [7, 11) is 0. The quantitative estimate of drug-likeness (QED) is 0.747. The van der Waals surface area contributed by atoms with Gasteiger partial charge in [0.05, 0.1) is 18.3 Å². The standard InChI is InChI=1S/C19H19F4N3OS/c1-11-15-9-28-17(24)25-18(15,10-27-11)14-7-13(4-5-16(14)20)26-6-2-3-12(8-26)19(21,22)23/h2-5,7-8,11,15H,6,9-10H2,1H3,(H2,24,25)/t11-,15-,18-/m1/s1. The molecule has 3 aliphatic heterocycles. The molecule has 0 unspecified atom stereocenters. The highest BCUT2D eigenvalue weighted by Gasteiger charge is 2.52. The molecule has 150 valence electrons. The molecule has 0 amide bonds. The van der Waals surface area contributed by atoms with Gasteiger partial charge in [0.15, 0.2) is 5.17 Å². The van der Waals surface area contributed by atoms with Crippen LogP contribution in [0.25, 0.3) is 0 Å². The number of amidine groups is 1. The molecule has 2 N–H and O–H groups in total. The molecule has 9 heteroatoms. The summed E-state index contributed by atoms with van der Waals surface area (Å²) in [5.74, 6) is 0.102. The number of nitrogens with two attached hydrogens (primary N) is 1. The molecule has 3 heterocycles. The first-order valence-corrected chi connectivity index (χ1v) is 9.81. The minimum atomic E-state index is -4.45. The Bertz CT molecular complexity index is 882. The zero-order chi connectivity index (χ0) is 20.1. The number of rotatable bonds is 2. The van der Waals surface area contributed by atoms with Crippen LogP contribution in [0.4, 0.5) is 23.2 Å². The van der Waals surface area contributed by atoms with Gasteiger partial charge in [-0.05, 0) is 25.1 Å². The van der Waals surface area contributed by atoms with Gasteiger partial charge in [-0.2, -0.15) is 13.2 Å². The summed E-state index contributed by atoms with van der Waals surface area (Å²) in [6.45, 7) is 2.36. The third kappa shape index (κ3) is 3.20. The van der Waals surface area contributed by atoms with Crippen molar-refractivity contribution in [2.45, 2.75) is 24.7 Å². The Labute approximate surface area is 164 Å². The maximum atomic E-state index is 14.9. The smallest absolute Gasteiger partial charge is 0.379 e. The van der Waals surface area contributed by atoms with Crippen molar-refractivity contribution in [3.05, 3.63) is 53.5 Å². The van der Waals surface area contributed by atoms with Crippen LogP contribution >= 0.6 is 11.8 Å². The fourth-order valence-corrected chi connectivity index (χ4v) is 5.05. The highest BCUT2D eigenvalue weighted by atomic mass is 32.2. The van der Waals surface area contributed by atoms with Crippen molar-refractivity contribution < 1.29 is 22.3 Å². The molecule has 3 atom stereocenters. The van der Waals surface area contributed by atoms with E-state index in [9.17, 15) is 17.6 Å².